The summed E-state index contributed by atoms with van der Waals surface area (Å²) in [5.74, 6) is 0.0402. The van der Waals surface area contributed by atoms with Crippen molar-refractivity contribution in [3.05, 3.63) is 71.3 Å². The van der Waals surface area contributed by atoms with Crippen molar-refractivity contribution in [2.75, 3.05) is 6.61 Å². The fourth-order valence-electron chi connectivity index (χ4n) is 2.53. The molecule has 2 aromatic carbocycles. The predicted molar refractivity (Wildman–Crippen MR) is 94.7 cm³/mol. The lowest BCUT2D eigenvalue weighted by Crippen LogP contribution is -2.09. The van der Waals surface area contributed by atoms with Crippen LogP contribution in [0.5, 0.6) is 0 Å². The summed E-state index contributed by atoms with van der Waals surface area (Å²) in [6.45, 7) is 2.83. The average molecular weight is 310 g/mol. The number of hydrogen-bond donors (Lipinski definition) is 0. The second-order valence-electron chi connectivity index (χ2n) is 5.91. The van der Waals surface area contributed by atoms with Gasteiger partial charge in [-0.3, -0.25) is 4.79 Å². The van der Waals surface area contributed by atoms with Gasteiger partial charge in [0.1, 0.15) is 6.61 Å². The van der Waals surface area contributed by atoms with Crippen molar-refractivity contribution in [2.45, 2.75) is 45.6 Å². The van der Waals surface area contributed by atoms with E-state index in [-0.39, 0.29) is 12.4 Å². The Morgan fingerprint density at radius 2 is 1.61 bits per heavy atom. The van der Waals surface area contributed by atoms with Crippen LogP contribution in [0.3, 0.4) is 0 Å². The van der Waals surface area contributed by atoms with E-state index in [1.807, 2.05) is 42.5 Å². The van der Waals surface area contributed by atoms with Crippen LogP contribution >= 0.6 is 0 Å². The van der Waals surface area contributed by atoms with Crippen LogP contribution in [0.4, 0.5) is 0 Å². The van der Waals surface area contributed by atoms with Gasteiger partial charge in [-0.25, -0.2) is 0 Å². The lowest BCUT2D eigenvalue weighted by molar-refractivity contribution is 0.0726. The number of rotatable bonds is 10. The third-order valence-electron chi connectivity index (χ3n) is 3.94. The third kappa shape index (κ3) is 6.37. The molecule has 0 aliphatic rings. The molecule has 0 fully saturated rings. The number of ketones is 1. The quantitative estimate of drug-likeness (QED) is 0.445. The molecule has 0 aliphatic heterocycles. The molecule has 122 valence electrons. The molecule has 2 heteroatoms. The van der Waals surface area contributed by atoms with Crippen LogP contribution in [-0.2, 0) is 17.8 Å². The molecular formula is C21H26O2. The Labute approximate surface area is 139 Å². The van der Waals surface area contributed by atoms with E-state index in [9.17, 15) is 4.79 Å². The lowest BCUT2D eigenvalue weighted by atomic mass is 10.0. The number of benzene rings is 2. The Hall–Kier alpha value is -1.93. The van der Waals surface area contributed by atoms with Gasteiger partial charge in [0.15, 0.2) is 5.78 Å². The highest BCUT2D eigenvalue weighted by atomic mass is 16.5. The van der Waals surface area contributed by atoms with Gasteiger partial charge in [-0.15, -0.1) is 0 Å². The minimum Gasteiger partial charge on any atom is -0.369 e. The molecule has 2 rings (SSSR count). The smallest absolute Gasteiger partial charge is 0.188 e. The number of carbonyl (C=O) groups excluding carboxylic acids is 1. The van der Waals surface area contributed by atoms with E-state index >= 15 is 0 Å². The summed E-state index contributed by atoms with van der Waals surface area (Å²) in [4.78, 5) is 12.1. The molecule has 2 aromatic rings. The van der Waals surface area contributed by atoms with E-state index in [1.54, 1.807) is 0 Å². The highest BCUT2D eigenvalue weighted by Crippen LogP contribution is 2.11. The largest absolute Gasteiger partial charge is 0.369 e. The van der Waals surface area contributed by atoms with Crippen molar-refractivity contribution in [2.24, 2.45) is 0 Å². The number of ether oxygens (including phenoxy) is 1. The monoisotopic (exact) mass is 310 g/mol. The number of unbranched alkanes of at least 4 members (excludes halogenated alkanes) is 3. The molecule has 0 amide bonds. The first kappa shape index (κ1) is 17.4. The standard InChI is InChI=1S/C21H26O2/c1-2-3-4-6-9-18-12-14-20(15-13-18)21(22)17-23-16-19-10-7-5-8-11-19/h5,7-8,10-15H,2-4,6,9,16-17H2,1H3. The van der Waals surface area contributed by atoms with Crippen molar-refractivity contribution in [1.82, 2.24) is 0 Å². The zero-order valence-electron chi connectivity index (χ0n) is 14.0. The van der Waals surface area contributed by atoms with E-state index in [4.69, 9.17) is 4.74 Å². The molecule has 0 heterocycles. The molecule has 0 spiro atoms. The SMILES string of the molecule is CCCCCCc1ccc(C(=O)COCc2ccccc2)cc1. The maximum Gasteiger partial charge on any atom is 0.188 e. The number of aryl methyl sites for hydroxylation is 1. The van der Waals surface area contributed by atoms with Gasteiger partial charge >= 0.3 is 0 Å². The summed E-state index contributed by atoms with van der Waals surface area (Å²) in [5, 5.41) is 0. The molecule has 0 N–H and O–H groups in total. The molecule has 0 atom stereocenters. The molecule has 0 aromatic heterocycles. The lowest BCUT2D eigenvalue weighted by Gasteiger charge is -2.06. The Balaban J connectivity index is 1.74. The summed E-state index contributed by atoms with van der Waals surface area (Å²) in [5.41, 5.74) is 3.13. The van der Waals surface area contributed by atoms with Crippen LogP contribution in [-0.4, -0.2) is 12.4 Å². The minimum absolute atomic E-state index is 0.0402. The normalized spacial score (nSPS) is 10.7. The summed E-state index contributed by atoms with van der Waals surface area (Å²) < 4.78 is 5.51. The maximum absolute atomic E-state index is 12.1. The van der Waals surface area contributed by atoms with Gasteiger partial charge in [-0.05, 0) is 24.0 Å². The van der Waals surface area contributed by atoms with Gasteiger partial charge in [0, 0.05) is 5.56 Å². The molecule has 0 unspecified atom stereocenters. The third-order valence-corrected chi connectivity index (χ3v) is 3.94. The summed E-state index contributed by atoms with van der Waals surface area (Å²) in [7, 11) is 0. The summed E-state index contributed by atoms with van der Waals surface area (Å²) in [6.07, 6.45) is 6.16. The Morgan fingerprint density at radius 3 is 2.30 bits per heavy atom. The van der Waals surface area contributed by atoms with Gasteiger partial charge in [-0.2, -0.15) is 0 Å². The number of carbonyl (C=O) groups is 1. The van der Waals surface area contributed by atoms with Crippen LogP contribution < -0.4 is 0 Å². The van der Waals surface area contributed by atoms with Crippen LogP contribution in [0.1, 0.15) is 54.1 Å². The minimum atomic E-state index is 0.0402. The number of Topliss-reactive ketones (excluding diaryl/α,β-unsaturated/α-hetero) is 1. The fraction of sp³-hybridized carbons (Fsp3) is 0.381. The van der Waals surface area contributed by atoms with Crippen molar-refractivity contribution in [3.8, 4) is 0 Å². The molecule has 0 bridgehead atoms. The first-order valence-corrected chi connectivity index (χ1v) is 8.53. The fourth-order valence-corrected chi connectivity index (χ4v) is 2.53. The zero-order chi connectivity index (χ0) is 16.3. The van der Waals surface area contributed by atoms with Gasteiger partial charge < -0.3 is 4.74 Å². The van der Waals surface area contributed by atoms with Gasteiger partial charge in [-0.1, -0.05) is 80.8 Å². The molecule has 0 radical (unpaired) electrons. The first-order chi connectivity index (χ1) is 11.3. The summed E-state index contributed by atoms with van der Waals surface area (Å²) in [6, 6.07) is 17.9. The first-order valence-electron chi connectivity index (χ1n) is 8.53. The van der Waals surface area contributed by atoms with Gasteiger partial charge in [0.05, 0.1) is 6.61 Å². The zero-order valence-corrected chi connectivity index (χ0v) is 14.0. The highest BCUT2D eigenvalue weighted by molar-refractivity contribution is 5.97. The Bertz CT molecular complexity index is 573. The molecule has 23 heavy (non-hydrogen) atoms. The van der Waals surface area contributed by atoms with Gasteiger partial charge in [0.2, 0.25) is 0 Å². The topological polar surface area (TPSA) is 26.3 Å². The second kappa shape index (κ2) is 9.96. The van der Waals surface area contributed by atoms with Crippen molar-refractivity contribution >= 4 is 5.78 Å². The van der Waals surface area contributed by atoms with E-state index < -0.39 is 0 Å². The molecule has 0 saturated heterocycles. The van der Waals surface area contributed by atoms with E-state index in [2.05, 4.69) is 19.1 Å². The van der Waals surface area contributed by atoms with E-state index in [0.717, 1.165) is 17.5 Å². The van der Waals surface area contributed by atoms with Crippen molar-refractivity contribution in [1.29, 1.82) is 0 Å². The maximum atomic E-state index is 12.1. The molecule has 0 aliphatic carbocycles. The average Bonchev–Trinajstić information content (AvgIpc) is 2.60. The number of hydrogen-bond acceptors (Lipinski definition) is 2. The molecule has 0 saturated carbocycles. The van der Waals surface area contributed by atoms with Crippen LogP contribution in [0.2, 0.25) is 0 Å². The Morgan fingerprint density at radius 1 is 0.870 bits per heavy atom. The highest BCUT2D eigenvalue weighted by Gasteiger charge is 2.06. The van der Waals surface area contributed by atoms with Crippen molar-refractivity contribution < 1.29 is 9.53 Å². The van der Waals surface area contributed by atoms with E-state index in [1.165, 1.54) is 31.2 Å². The predicted octanol–water partition coefficient (Wildman–Crippen LogP) is 5.21. The van der Waals surface area contributed by atoms with Crippen LogP contribution in [0.25, 0.3) is 0 Å². The second-order valence-corrected chi connectivity index (χ2v) is 5.91. The Kier molecular flexibility index (Phi) is 7.55. The van der Waals surface area contributed by atoms with Crippen LogP contribution in [0.15, 0.2) is 54.6 Å². The van der Waals surface area contributed by atoms with E-state index in [0.29, 0.717) is 6.61 Å². The van der Waals surface area contributed by atoms with Crippen molar-refractivity contribution in [3.63, 3.8) is 0 Å². The summed E-state index contributed by atoms with van der Waals surface area (Å²) >= 11 is 0. The molecule has 2 nitrogen and oxygen atoms in total. The molecular weight excluding hydrogens is 284 g/mol. The van der Waals surface area contributed by atoms with Gasteiger partial charge in [0.25, 0.3) is 0 Å². The van der Waals surface area contributed by atoms with Crippen LogP contribution in [0, 0.1) is 0 Å².